The first-order valence-electron chi connectivity index (χ1n) is 10.2. The molecule has 1 aliphatic rings. The topological polar surface area (TPSA) is 129 Å². The first-order chi connectivity index (χ1) is 15.7. The fourth-order valence-corrected chi connectivity index (χ4v) is 3.59. The third-order valence-corrected chi connectivity index (χ3v) is 5.04. The third kappa shape index (κ3) is 5.22. The largest absolute Gasteiger partial charge is 0.493 e. The fourth-order valence-electron chi connectivity index (χ4n) is 3.59. The Morgan fingerprint density at radius 2 is 1.97 bits per heavy atom. The number of allylic oxidation sites excluding steroid dienone is 1. The molecule has 10 heteroatoms. The molecule has 33 heavy (non-hydrogen) atoms. The van der Waals surface area contributed by atoms with Gasteiger partial charge in [-0.1, -0.05) is 29.8 Å². The lowest BCUT2D eigenvalue weighted by Gasteiger charge is -2.28. The van der Waals surface area contributed by atoms with E-state index in [4.69, 9.17) is 14.2 Å². The van der Waals surface area contributed by atoms with Gasteiger partial charge < -0.3 is 24.8 Å². The highest BCUT2D eigenvalue weighted by Crippen LogP contribution is 2.42. The van der Waals surface area contributed by atoms with E-state index in [1.165, 1.54) is 19.2 Å². The number of ether oxygens (including phenoxy) is 3. The van der Waals surface area contributed by atoms with Crippen LogP contribution in [0.1, 0.15) is 36.6 Å². The van der Waals surface area contributed by atoms with Crippen LogP contribution in [0.4, 0.5) is 10.5 Å². The van der Waals surface area contributed by atoms with Gasteiger partial charge in [0, 0.05) is 11.8 Å². The molecule has 2 amide bonds. The summed E-state index contributed by atoms with van der Waals surface area (Å²) in [6, 6.07) is 8.81. The molecule has 1 atom stereocenters. The molecule has 0 aromatic heterocycles. The standard InChI is InChI=1S/C23H25N3O7/c1-5-32-22(27)19-14(3)24-23(28)25-20(19)16-10-17(26(29)30)21(18(11-16)31-4)33-12-15-8-6-7-13(2)9-15/h6-11,20H,5,12H2,1-4H3,(H2,24,25,28). The number of carbonyl (C=O) groups is 2. The van der Waals surface area contributed by atoms with E-state index < -0.39 is 23.0 Å². The molecule has 0 fully saturated rings. The summed E-state index contributed by atoms with van der Waals surface area (Å²) in [5.41, 5.74) is 2.22. The molecule has 0 saturated carbocycles. The molecule has 2 aromatic rings. The van der Waals surface area contributed by atoms with Crippen molar-refractivity contribution in [2.75, 3.05) is 13.7 Å². The second-order valence-corrected chi connectivity index (χ2v) is 7.40. The molecular weight excluding hydrogens is 430 g/mol. The molecule has 1 aliphatic heterocycles. The number of hydrogen-bond donors (Lipinski definition) is 2. The molecular formula is C23H25N3O7. The van der Waals surface area contributed by atoms with Gasteiger partial charge in [-0.15, -0.1) is 0 Å². The number of nitro groups is 1. The summed E-state index contributed by atoms with van der Waals surface area (Å²) in [7, 11) is 1.36. The van der Waals surface area contributed by atoms with Crippen LogP contribution in [-0.4, -0.2) is 30.6 Å². The Bertz CT molecular complexity index is 1130. The van der Waals surface area contributed by atoms with Gasteiger partial charge in [0.1, 0.15) is 6.61 Å². The highest BCUT2D eigenvalue weighted by Gasteiger charge is 2.35. The normalized spacial score (nSPS) is 15.4. The lowest BCUT2D eigenvalue weighted by molar-refractivity contribution is -0.386. The van der Waals surface area contributed by atoms with Crippen molar-refractivity contribution in [3.05, 3.63) is 74.5 Å². The molecule has 0 bridgehead atoms. The summed E-state index contributed by atoms with van der Waals surface area (Å²) in [5.74, 6) is -0.596. The van der Waals surface area contributed by atoms with Gasteiger partial charge in [0.05, 0.1) is 30.3 Å². The zero-order valence-electron chi connectivity index (χ0n) is 18.8. The number of nitrogens with one attached hydrogen (secondary N) is 2. The minimum absolute atomic E-state index is 0.0496. The molecule has 10 nitrogen and oxygen atoms in total. The lowest BCUT2D eigenvalue weighted by atomic mass is 9.94. The first-order valence-corrected chi connectivity index (χ1v) is 10.2. The van der Waals surface area contributed by atoms with Crippen LogP contribution >= 0.6 is 0 Å². The summed E-state index contributed by atoms with van der Waals surface area (Å²) in [5, 5.41) is 17.1. The van der Waals surface area contributed by atoms with Crippen LogP contribution in [0.15, 0.2) is 47.7 Å². The van der Waals surface area contributed by atoms with Crippen LogP contribution in [0.25, 0.3) is 0 Å². The second-order valence-electron chi connectivity index (χ2n) is 7.40. The summed E-state index contributed by atoms with van der Waals surface area (Å²) in [6.45, 7) is 5.38. The van der Waals surface area contributed by atoms with Crippen molar-refractivity contribution in [2.45, 2.75) is 33.4 Å². The number of hydrogen-bond acceptors (Lipinski definition) is 7. The molecule has 1 unspecified atom stereocenters. The first kappa shape index (κ1) is 23.6. The van der Waals surface area contributed by atoms with E-state index in [1.54, 1.807) is 13.8 Å². The molecule has 3 rings (SSSR count). The molecule has 174 valence electrons. The van der Waals surface area contributed by atoms with Gasteiger partial charge in [-0.05, 0) is 38.0 Å². The van der Waals surface area contributed by atoms with E-state index in [0.29, 0.717) is 5.70 Å². The highest BCUT2D eigenvalue weighted by molar-refractivity contribution is 5.95. The minimum Gasteiger partial charge on any atom is -0.493 e. The summed E-state index contributed by atoms with van der Waals surface area (Å²) in [6.07, 6.45) is 0. The van der Waals surface area contributed by atoms with Gasteiger partial charge in [-0.3, -0.25) is 10.1 Å². The van der Waals surface area contributed by atoms with E-state index in [1.807, 2.05) is 31.2 Å². The highest BCUT2D eigenvalue weighted by atomic mass is 16.6. The number of methoxy groups -OCH3 is 1. The van der Waals surface area contributed by atoms with Gasteiger partial charge >= 0.3 is 17.7 Å². The summed E-state index contributed by atoms with van der Waals surface area (Å²) >= 11 is 0. The molecule has 1 heterocycles. The Labute approximate surface area is 190 Å². The van der Waals surface area contributed by atoms with E-state index >= 15 is 0 Å². The number of carbonyl (C=O) groups excluding carboxylic acids is 2. The Kier molecular flexibility index (Phi) is 7.17. The van der Waals surface area contributed by atoms with Crippen molar-refractivity contribution in [3.63, 3.8) is 0 Å². The number of aryl methyl sites for hydroxylation is 1. The van der Waals surface area contributed by atoms with E-state index in [0.717, 1.165) is 11.1 Å². The molecule has 0 radical (unpaired) electrons. The minimum atomic E-state index is -0.976. The summed E-state index contributed by atoms with van der Waals surface area (Å²) < 4.78 is 16.3. The van der Waals surface area contributed by atoms with Crippen LogP contribution in [0.5, 0.6) is 11.5 Å². The zero-order valence-corrected chi connectivity index (χ0v) is 18.8. The van der Waals surface area contributed by atoms with E-state index in [-0.39, 0.29) is 41.5 Å². The van der Waals surface area contributed by atoms with Crippen LogP contribution < -0.4 is 20.1 Å². The maximum Gasteiger partial charge on any atom is 0.338 e. The van der Waals surface area contributed by atoms with Gasteiger partial charge in [-0.2, -0.15) is 0 Å². The number of amides is 2. The van der Waals surface area contributed by atoms with Gasteiger partial charge in [0.15, 0.2) is 5.75 Å². The maximum atomic E-state index is 12.6. The lowest BCUT2D eigenvalue weighted by Crippen LogP contribution is -2.45. The van der Waals surface area contributed by atoms with E-state index in [2.05, 4.69) is 10.6 Å². The Morgan fingerprint density at radius 1 is 1.21 bits per heavy atom. The molecule has 2 aromatic carbocycles. The van der Waals surface area contributed by atoms with Gasteiger partial charge in [0.25, 0.3) is 0 Å². The number of urea groups is 1. The Hall–Kier alpha value is -4.08. The number of nitrogens with zero attached hydrogens (tertiary/aromatic N) is 1. The molecule has 2 N–H and O–H groups in total. The van der Waals surface area contributed by atoms with E-state index in [9.17, 15) is 19.7 Å². The van der Waals surface area contributed by atoms with Crippen molar-refractivity contribution in [1.29, 1.82) is 0 Å². The average molecular weight is 455 g/mol. The maximum absolute atomic E-state index is 12.6. The van der Waals surface area contributed by atoms with Crippen LogP contribution in [0.3, 0.4) is 0 Å². The predicted octanol–water partition coefficient (Wildman–Crippen LogP) is 3.68. The number of rotatable bonds is 8. The Balaban J connectivity index is 2.05. The van der Waals surface area contributed by atoms with Crippen molar-refractivity contribution in [3.8, 4) is 11.5 Å². The van der Waals surface area contributed by atoms with Crippen molar-refractivity contribution in [2.24, 2.45) is 0 Å². The van der Waals surface area contributed by atoms with Crippen molar-refractivity contribution >= 4 is 17.7 Å². The average Bonchev–Trinajstić information content (AvgIpc) is 2.76. The third-order valence-electron chi connectivity index (χ3n) is 5.04. The smallest absolute Gasteiger partial charge is 0.338 e. The Morgan fingerprint density at radius 3 is 2.61 bits per heavy atom. The van der Waals surface area contributed by atoms with Gasteiger partial charge in [0.2, 0.25) is 5.75 Å². The fraction of sp³-hybridized carbons (Fsp3) is 0.304. The summed E-state index contributed by atoms with van der Waals surface area (Å²) in [4.78, 5) is 36.0. The molecule has 0 aliphatic carbocycles. The molecule has 0 saturated heterocycles. The van der Waals surface area contributed by atoms with Gasteiger partial charge in [-0.25, -0.2) is 9.59 Å². The number of esters is 1. The van der Waals surface area contributed by atoms with Crippen LogP contribution in [-0.2, 0) is 16.1 Å². The second kappa shape index (κ2) is 10.0. The SMILES string of the molecule is CCOC(=O)C1=C(C)NC(=O)NC1c1cc(OC)c(OCc2cccc(C)c2)c([N+](=O)[O-])c1. The number of benzene rings is 2. The van der Waals surface area contributed by atoms with Crippen molar-refractivity contribution < 1.29 is 28.7 Å². The predicted molar refractivity (Wildman–Crippen MR) is 119 cm³/mol. The monoisotopic (exact) mass is 455 g/mol. The number of nitro benzene ring substituents is 1. The molecule has 0 spiro atoms. The quantitative estimate of drug-likeness (QED) is 0.353. The van der Waals surface area contributed by atoms with Crippen molar-refractivity contribution in [1.82, 2.24) is 10.6 Å². The van der Waals surface area contributed by atoms with Crippen LogP contribution in [0, 0.1) is 17.0 Å². The van der Waals surface area contributed by atoms with Crippen LogP contribution in [0.2, 0.25) is 0 Å². The zero-order chi connectivity index (χ0) is 24.1.